The van der Waals surface area contributed by atoms with E-state index in [0.717, 1.165) is 23.7 Å². The van der Waals surface area contributed by atoms with Crippen molar-refractivity contribution in [1.82, 2.24) is 0 Å². The van der Waals surface area contributed by atoms with Gasteiger partial charge in [0.2, 0.25) is 0 Å². The van der Waals surface area contributed by atoms with E-state index in [1.54, 1.807) is 25.7 Å². The van der Waals surface area contributed by atoms with Crippen molar-refractivity contribution in [1.29, 1.82) is 0 Å². The lowest BCUT2D eigenvalue weighted by Gasteiger charge is -2.85. The molecule has 6 fully saturated rings. The van der Waals surface area contributed by atoms with E-state index in [0.29, 0.717) is 14.9 Å². The molecule has 17 heavy (non-hydrogen) atoms. The molecule has 0 nitrogen and oxygen atoms in total. The average molecular weight is 268 g/mol. The highest BCUT2D eigenvalue weighted by Crippen LogP contribution is 2.85. The minimum atomic E-state index is 0.558. The maximum atomic E-state index is 2.60. The zero-order valence-electron chi connectivity index (χ0n) is 11.5. The second-order valence-corrected chi connectivity index (χ2v) is 9.54. The fraction of sp³-hybridized carbons (Fsp3) is 1.00. The lowest BCUT2D eigenvalue weighted by atomic mass is 9.29. The van der Waals surface area contributed by atoms with Crippen LogP contribution in [0, 0.1) is 29.1 Å². The minimum Gasteiger partial charge on any atom is -0.157 e. The summed E-state index contributed by atoms with van der Waals surface area (Å²) in [5, 5.41) is 0. The van der Waals surface area contributed by atoms with Crippen molar-refractivity contribution in [2.45, 2.75) is 49.0 Å². The Kier molecular flexibility index (Phi) is 2.07. The maximum absolute atomic E-state index is 2.60. The largest absolute Gasteiger partial charge is 0.157 e. The Morgan fingerprint density at radius 2 is 1.35 bits per heavy atom. The lowest BCUT2D eigenvalue weighted by Crippen LogP contribution is -2.86. The first kappa shape index (κ1) is 11.5. The fourth-order valence-corrected chi connectivity index (χ4v) is 10.8. The Morgan fingerprint density at radius 3 is 1.82 bits per heavy atom. The fourth-order valence-electron chi connectivity index (χ4n) is 7.15. The van der Waals surface area contributed by atoms with Crippen molar-refractivity contribution in [3.05, 3.63) is 0 Å². The molecule has 2 heteroatoms. The summed E-state index contributed by atoms with van der Waals surface area (Å²) in [5.41, 5.74) is 0.558. The predicted octanol–water partition coefficient (Wildman–Crippen LogP) is 4.30. The SMILES string of the molecule is CSC12C3CC4CC(C3)C(SC)(C1C4)C2(C)C. The summed E-state index contributed by atoms with van der Waals surface area (Å²) >= 11 is 4.47. The van der Waals surface area contributed by atoms with E-state index in [-0.39, 0.29) is 0 Å². The van der Waals surface area contributed by atoms with Gasteiger partial charge in [-0.1, -0.05) is 13.8 Å². The highest BCUT2D eigenvalue weighted by molar-refractivity contribution is 8.02. The molecule has 0 aromatic heterocycles. The first-order valence-electron chi connectivity index (χ1n) is 7.15. The van der Waals surface area contributed by atoms with Gasteiger partial charge in [0.25, 0.3) is 0 Å². The molecule has 6 aliphatic rings. The van der Waals surface area contributed by atoms with Gasteiger partial charge in [-0.05, 0) is 67.3 Å². The highest BCUT2D eigenvalue weighted by atomic mass is 32.2. The quantitative estimate of drug-likeness (QED) is 0.732. The number of thioether (sulfide) groups is 2. The van der Waals surface area contributed by atoms with Crippen molar-refractivity contribution in [2.24, 2.45) is 29.1 Å². The van der Waals surface area contributed by atoms with Crippen molar-refractivity contribution >= 4 is 23.5 Å². The first-order chi connectivity index (χ1) is 8.04. The first-order valence-corrected chi connectivity index (χ1v) is 9.59. The van der Waals surface area contributed by atoms with Crippen molar-refractivity contribution in [3.8, 4) is 0 Å². The van der Waals surface area contributed by atoms with Gasteiger partial charge in [0.15, 0.2) is 0 Å². The molecule has 0 aromatic carbocycles. The molecule has 0 amide bonds. The number of rotatable bonds is 2. The van der Waals surface area contributed by atoms with Crippen LogP contribution in [0.25, 0.3) is 0 Å². The van der Waals surface area contributed by atoms with Crippen LogP contribution in [0.1, 0.15) is 39.5 Å². The zero-order chi connectivity index (χ0) is 12.1. The monoisotopic (exact) mass is 268 g/mol. The van der Waals surface area contributed by atoms with Crippen LogP contribution < -0.4 is 0 Å². The van der Waals surface area contributed by atoms with Crippen molar-refractivity contribution in [3.63, 3.8) is 0 Å². The summed E-state index contributed by atoms with van der Waals surface area (Å²) in [6, 6.07) is 0. The van der Waals surface area contributed by atoms with Gasteiger partial charge in [0, 0.05) is 9.49 Å². The Balaban J connectivity index is 1.91. The molecule has 6 aliphatic carbocycles. The van der Waals surface area contributed by atoms with E-state index in [2.05, 4.69) is 49.9 Å². The summed E-state index contributed by atoms with van der Waals surface area (Å²) in [4.78, 5) is 0. The molecule has 0 aromatic rings. The zero-order valence-corrected chi connectivity index (χ0v) is 13.1. The van der Waals surface area contributed by atoms with E-state index in [4.69, 9.17) is 0 Å². The van der Waals surface area contributed by atoms with E-state index in [1.165, 1.54) is 0 Å². The molecule has 0 radical (unpaired) electrons. The third-order valence-corrected chi connectivity index (χ3v) is 10.9. The molecule has 0 saturated heterocycles. The van der Waals surface area contributed by atoms with Gasteiger partial charge in [-0.3, -0.25) is 0 Å². The second-order valence-electron chi connectivity index (χ2n) is 7.37. The molecule has 0 N–H and O–H groups in total. The second kappa shape index (κ2) is 3.06. The average Bonchev–Trinajstić information content (AvgIpc) is 2.28. The van der Waals surface area contributed by atoms with E-state index in [1.807, 2.05) is 0 Å². The lowest BCUT2D eigenvalue weighted by molar-refractivity contribution is -0.214. The molecule has 4 unspecified atom stereocenters. The van der Waals surface area contributed by atoms with Crippen LogP contribution in [-0.4, -0.2) is 22.0 Å². The summed E-state index contributed by atoms with van der Waals surface area (Å²) in [7, 11) is 0. The molecule has 0 aliphatic heterocycles. The topological polar surface area (TPSA) is 0 Å². The Bertz CT molecular complexity index is 347. The van der Waals surface area contributed by atoms with Gasteiger partial charge < -0.3 is 0 Å². The smallest absolute Gasteiger partial charge is 0.0291 e. The molecular weight excluding hydrogens is 244 g/mol. The van der Waals surface area contributed by atoms with Crippen LogP contribution in [0.15, 0.2) is 0 Å². The summed E-state index contributed by atoms with van der Waals surface area (Å²) < 4.78 is 1.28. The molecule has 4 atom stereocenters. The predicted molar refractivity (Wildman–Crippen MR) is 78.7 cm³/mol. The van der Waals surface area contributed by atoms with E-state index in [9.17, 15) is 0 Å². The molecule has 6 rings (SSSR count). The molecule has 96 valence electrons. The van der Waals surface area contributed by atoms with Crippen molar-refractivity contribution < 1.29 is 0 Å². The van der Waals surface area contributed by atoms with Gasteiger partial charge >= 0.3 is 0 Å². The highest BCUT2D eigenvalue weighted by Gasteiger charge is 2.84. The molecule has 6 bridgehead atoms. The number of hydrogen-bond donors (Lipinski definition) is 0. The summed E-state index contributed by atoms with van der Waals surface area (Å²) in [6.45, 7) is 5.20. The summed E-state index contributed by atoms with van der Waals surface area (Å²) in [5.74, 6) is 4.22. The third-order valence-electron chi connectivity index (χ3n) is 7.25. The van der Waals surface area contributed by atoms with E-state index >= 15 is 0 Å². The molecule has 6 saturated carbocycles. The van der Waals surface area contributed by atoms with Crippen LogP contribution in [0.2, 0.25) is 0 Å². The Labute approximate surface area is 114 Å². The van der Waals surface area contributed by atoms with Gasteiger partial charge in [-0.25, -0.2) is 0 Å². The maximum Gasteiger partial charge on any atom is 0.0291 e. The standard InChI is InChI=1S/C15H24S2/c1-13(2)14(16-3)10-5-9-6-11(8-10)15(13,17-4)12(14)7-9/h9-12H,5-8H2,1-4H3. The normalized spacial score (nSPS) is 61.4. The van der Waals surface area contributed by atoms with Gasteiger partial charge in [0.1, 0.15) is 0 Å². The van der Waals surface area contributed by atoms with Crippen LogP contribution >= 0.6 is 23.5 Å². The van der Waals surface area contributed by atoms with Gasteiger partial charge in [-0.2, -0.15) is 23.5 Å². The Hall–Kier alpha value is 0.700. The third kappa shape index (κ3) is 0.862. The van der Waals surface area contributed by atoms with Crippen LogP contribution in [0.4, 0.5) is 0 Å². The van der Waals surface area contributed by atoms with Crippen molar-refractivity contribution in [2.75, 3.05) is 12.5 Å². The molecule has 0 spiro atoms. The minimum absolute atomic E-state index is 0.558. The number of hydrogen-bond acceptors (Lipinski definition) is 2. The molecular formula is C15H24S2. The van der Waals surface area contributed by atoms with Gasteiger partial charge in [0.05, 0.1) is 0 Å². The Morgan fingerprint density at radius 1 is 0.824 bits per heavy atom. The van der Waals surface area contributed by atoms with Gasteiger partial charge in [-0.15, -0.1) is 0 Å². The summed E-state index contributed by atoms with van der Waals surface area (Å²) in [6.07, 6.45) is 11.0. The van der Waals surface area contributed by atoms with E-state index < -0.39 is 0 Å². The molecule has 0 heterocycles. The van der Waals surface area contributed by atoms with Crippen LogP contribution in [-0.2, 0) is 0 Å². The van der Waals surface area contributed by atoms with Crippen LogP contribution in [0.3, 0.4) is 0 Å². The van der Waals surface area contributed by atoms with Crippen LogP contribution in [0.5, 0.6) is 0 Å².